The van der Waals surface area contributed by atoms with E-state index in [9.17, 15) is 9.59 Å². The fourth-order valence-corrected chi connectivity index (χ4v) is 2.07. The van der Waals surface area contributed by atoms with Gasteiger partial charge < -0.3 is 10.1 Å². The Bertz CT molecular complexity index is 631. The molecule has 0 saturated heterocycles. The number of nitrogens with one attached hydrogen (secondary N) is 3. The molecule has 1 aliphatic heterocycles. The van der Waals surface area contributed by atoms with Crippen LogP contribution in [0.3, 0.4) is 0 Å². The van der Waals surface area contributed by atoms with Crippen molar-refractivity contribution in [1.29, 1.82) is 0 Å². The van der Waals surface area contributed by atoms with E-state index in [0.29, 0.717) is 17.9 Å². The van der Waals surface area contributed by atoms with Gasteiger partial charge in [0.2, 0.25) is 5.91 Å². The van der Waals surface area contributed by atoms with Gasteiger partial charge in [-0.05, 0) is 54.8 Å². The standard InChI is InChI=1S/C16H17N3O3/c20-9-10-22-13-5-3-11(4-6-13)14-7-8-15(19-18-14)17-16(21)12-1-2-12/h3-9,12,18-19H,1-2,10H2,(H,17,21). The van der Waals surface area contributed by atoms with Gasteiger partial charge in [-0.1, -0.05) is 0 Å². The number of allylic oxidation sites excluding steroid dienone is 2. The van der Waals surface area contributed by atoms with Crippen LogP contribution in [0.5, 0.6) is 5.75 Å². The predicted molar refractivity (Wildman–Crippen MR) is 81.2 cm³/mol. The predicted octanol–water partition coefficient (Wildman–Crippen LogP) is 1.08. The Morgan fingerprint density at radius 2 is 2.00 bits per heavy atom. The Morgan fingerprint density at radius 1 is 1.23 bits per heavy atom. The number of rotatable bonds is 6. The maximum atomic E-state index is 11.7. The molecule has 0 bridgehead atoms. The van der Waals surface area contributed by atoms with Gasteiger partial charge in [-0.15, -0.1) is 0 Å². The minimum atomic E-state index is 0.0502. The number of hydrazine groups is 1. The molecule has 3 N–H and O–H groups in total. The van der Waals surface area contributed by atoms with Crippen LogP contribution < -0.4 is 20.9 Å². The van der Waals surface area contributed by atoms with Crippen LogP contribution in [0.25, 0.3) is 5.70 Å². The quantitative estimate of drug-likeness (QED) is 0.685. The third-order valence-corrected chi connectivity index (χ3v) is 3.44. The lowest BCUT2D eigenvalue weighted by molar-refractivity contribution is -0.121. The van der Waals surface area contributed by atoms with E-state index in [1.165, 1.54) is 0 Å². The lowest BCUT2D eigenvalue weighted by atomic mass is 10.1. The molecule has 1 aromatic rings. The van der Waals surface area contributed by atoms with Crippen LogP contribution in [-0.2, 0) is 9.59 Å². The molecular formula is C16H17N3O3. The van der Waals surface area contributed by atoms with Crippen LogP contribution in [-0.4, -0.2) is 18.8 Å². The van der Waals surface area contributed by atoms with Gasteiger partial charge in [0.1, 0.15) is 18.2 Å². The van der Waals surface area contributed by atoms with E-state index in [2.05, 4.69) is 16.2 Å². The van der Waals surface area contributed by atoms with E-state index in [1.54, 1.807) is 12.1 Å². The van der Waals surface area contributed by atoms with Crippen molar-refractivity contribution >= 4 is 17.9 Å². The van der Waals surface area contributed by atoms with Crippen molar-refractivity contribution in [3.63, 3.8) is 0 Å². The average molecular weight is 299 g/mol. The number of hydrogen-bond donors (Lipinski definition) is 3. The maximum Gasteiger partial charge on any atom is 0.228 e. The van der Waals surface area contributed by atoms with E-state index in [4.69, 9.17) is 4.74 Å². The zero-order chi connectivity index (χ0) is 15.4. The molecule has 1 aromatic carbocycles. The Hall–Kier alpha value is -2.76. The van der Waals surface area contributed by atoms with E-state index in [1.807, 2.05) is 24.3 Å². The van der Waals surface area contributed by atoms with Gasteiger partial charge >= 0.3 is 0 Å². The van der Waals surface area contributed by atoms with E-state index < -0.39 is 0 Å². The van der Waals surface area contributed by atoms with Gasteiger partial charge in [0.05, 0.1) is 5.70 Å². The van der Waals surface area contributed by atoms with E-state index >= 15 is 0 Å². The summed E-state index contributed by atoms with van der Waals surface area (Å²) in [7, 11) is 0. The first-order valence-electron chi connectivity index (χ1n) is 7.18. The van der Waals surface area contributed by atoms with Crippen LogP contribution in [0.15, 0.2) is 42.2 Å². The van der Waals surface area contributed by atoms with E-state index in [-0.39, 0.29) is 18.4 Å². The Morgan fingerprint density at radius 3 is 2.59 bits per heavy atom. The zero-order valence-electron chi connectivity index (χ0n) is 12.0. The minimum absolute atomic E-state index is 0.0502. The monoisotopic (exact) mass is 299 g/mol. The van der Waals surface area contributed by atoms with Crippen molar-refractivity contribution in [3.05, 3.63) is 47.8 Å². The van der Waals surface area contributed by atoms with E-state index in [0.717, 1.165) is 24.1 Å². The summed E-state index contributed by atoms with van der Waals surface area (Å²) >= 11 is 0. The summed E-state index contributed by atoms with van der Waals surface area (Å²) in [6.45, 7) is 0.0502. The minimum Gasteiger partial charge on any atom is -0.486 e. The Labute approximate surface area is 128 Å². The zero-order valence-corrected chi connectivity index (χ0v) is 12.0. The van der Waals surface area contributed by atoms with Crippen molar-refractivity contribution in [3.8, 4) is 5.75 Å². The molecule has 1 fully saturated rings. The van der Waals surface area contributed by atoms with Crippen molar-refractivity contribution in [2.75, 3.05) is 6.61 Å². The molecule has 0 aromatic heterocycles. The lowest BCUT2D eigenvalue weighted by Gasteiger charge is -2.20. The SMILES string of the molecule is O=CCOc1ccc(C2=CC=C(NC(=O)C3CC3)NN2)cc1. The number of carbonyl (C=O) groups is 2. The second-order valence-corrected chi connectivity index (χ2v) is 5.18. The molecule has 1 saturated carbocycles. The summed E-state index contributed by atoms with van der Waals surface area (Å²) < 4.78 is 5.20. The third kappa shape index (κ3) is 3.46. The van der Waals surface area contributed by atoms with Crippen LogP contribution >= 0.6 is 0 Å². The van der Waals surface area contributed by atoms with Crippen molar-refractivity contribution in [2.45, 2.75) is 12.8 Å². The van der Waals surface area contributed by atoms with Gasteiger partial charge in [0.25, 0.3) is 0 Å². The fraction of sp³-hybridized carbons (Fsp3) is 0.250. The normalized spacial score (nSPS) is 16.5. The number of aldehydes is 1. The smallest absolute Gasteiger partial charge is 0.228 e. The topological polar surface area (TPSA) is 79.5 Å². The van der Waals surface area contributed by atoms with Gasteiger partial charge in [-0.25, -0.2) is 0 Å². The molecule has 6 nitrogen and oxygen atoms in total. The Kier molecular flexibility index (Phi) is 4.09. The van der Waals surface area contributed by atoms with Crippen LogP contribution in [0.2, 0.25) is 0 Å². The first kappa shape index (κ1) is 14.2. The number of carbonyl (C=O) groups excluding carboxylic acids is 2. The fourth-order valence-electron chi connectivity index (χ4n) is 2.07. The summed E-state index contributed by atoms with van der Waals surface area (Å²) in [6.07, 6.45) is 6.38. The van der Waals surface area contributed by atoms with Crippen LogP contribution in [0, 0.1) is 5.92 Å². The first-order chi connectivity index (χ1) is 10.8. The summed E-state index contributed by atoms with van der Waals surface area (Å²) in [4.78, 5) is 21.9. The second-order valence-electron chi connectivity index (χ2n) is 5.18. The van der Waals surface area contributed by atoms with Crippen LogP contribution in [0.4, 0.5) is 0 Å². The summed E-state index contributed by atoms with van der Waals surface area (Å²) in [5.41, 5.74) is 7.86. The highest BCUT2D eigenvalue weighted by molar-refractivity contribution is 5.82. The van der Waals surface area contributed by atoms with Gasteiger partial charge in [0, 0.05) is 5.92 Å². The molecule has 6 heteroatoms. The van der Waals surface area contributed by atoms with Gasteiger partial charge in [-0.2, -0.15) is 0 Å². The summed E-state index contributed by atoms with van der Waals surface area (Å²) in [6, 6.07) is 7.38. The molecule has 1 heterocycles. The highest BCUT2D eigenvalue weighted by Crippen LogP contribution is 2.29. The highest BCUT2D eigenvalue weighted by atomic mass is 16.5. The molecule has 0 atom stereocenters. The molecule has 114 valence electrons. The number of ether oxygens (including phenoxy) is 1. The molecule has 3 rings (SSSR count). The number of amides is 1. The molecule has 0 unspecified atom stereocenters. The first-order valence-corrected chi connectivity index (χ1v) is 7.18. The molecule has 1 aliphatic carbocycles. The van der Waals surface area contributed by atoms with Crippen molar-refractivity contribution in [1.82, 2.24) is 16.2 Å². The van der Waals surface area contributed by atoms with Crippen LogP contribution in [0.1, 0.15) is 18.4 Å². The lowest BCUT2D eigenvalue weighted by Crippen LogP contribution is -2.40. The molecule has 2 aliphatic rings. The number of hydrogen-bond acceptors (Lipinski definition) is 5. The highest BCUT2D eigenvalue weighted by Gasteiger charge is 2.30. The van der Waals surface area contributed by atoms with Gasteiger partial charge in [0.15, 0.2) is 6.29 Å². The second kappa shape index (κ2) is 6.34. The largest absolute Gasteiger partial charge is 0.486 e. The number of benzene rings is 1. The molecule has 0 spiro atoms. The molecule has 1 amide bonds. The van der Waals surface area contributed by atoms with Crippen molar-refractivity contribution < 1.29 is 14.3 Å². The summed E-state index contributed by atoms with van der Waals surface area (Å²) in [5.74, 6) is 1.53. The Balaban J connectivity index is 1.62. The van der Waals surface area contributed by atoms with Crippen molar-refractivity contribution in [2.24, 2.45) is 5.92 Å². The third-order valence-electron chi connectivity index (χ3n) is 3.44. The molecular weight excluding hydrogens is 282 g/mol. The molecule has 22 heavy (non-hydrogen) atoms. The average Bonchev–Trinajstić information content (AvgIpc) is 3.39. The summed E-state index contributed by atoms with van der Waals surface area (Å²) in [5, 5.41) is 2.84. The van der Waals surface area contributed by atoms with Gasteiger partial charge in [-0.3, -0.25) is 20.4 Å². The maximum absolute atomic E-state index is 11.7. The molecule has 0 radical (unpaired) electrons.